The van der Waals surface area contributed by atoms with Crippen LogP contribution in [0.3, 0.4) is 0 Å². The first-order valence-corrected chi connectivity index (χ1v) is 8.75. The normalized spacial score (nSPS) is 13.7. The summed E-state index contributed by atoms with van der Waals surface area (Å²) >= 11 is 5.92. The highest BCUT2D eigenvalue weighted by Gasteiger charge is 2.16. The van der Waals surface area contributed by atoms with Crippen LogP contribution in [0, 0.1) is 0 Å². The molecule has 1 rings (SSSR count). The third-order valence-corrected chi connectivity index (χ3v) is 5.63. The lowest BCUT2D eigenvalue weighted by atomic mass is 10.1. The van der Waals surface area contributed by atoms with Gasteiger partial charge in [0.05, 0.1) is 11.0 Å². The number of rotatable bonds is 8. The maximum Gasteiger partial charge on any atom is 0.153 e. The molecule has 1 aromatic rings. The molecule has 0 aliphatic rings. The molecular weight excluding hydrogens is 282 g/mol. The lowest BCUT2D eigenvalue weighted by Gasteiger charge is -2.16. The molecule has 19 heavy (non-hydrogen) atoms. The van der Waals surface area contributed by atoms with Crippen molar-refractivity contribution >= 4 is 21.4 Å². The van der Waals surface area contributed by atoms with Crippen molar-refractivity contribution in [2.75, 3.05) is 18.2 Å². The van der Waals surface area contributed by atoms with Crippen LogP contribution in [0.5, 0.6) is 0 Å². The van der Waals surface area contributed by atoms with E-state index in [9.17, 15) is 8.42 Å². The summed E-state index contributed by atoms with van der Waals surface area (Å²) in [5, 5.41) is 2.90. The molecule has 108 valence electrons. The van der Waals surface area contributed by atoms with Gasteiger partial charge in [-0.3, -0.25) is 0 Å². The molecule has 0 heterocycles. The second kappa shape index (κ2) is 7.88. The van der Waals surface area contributed by atoms with Gasteiger partial charge in [0.2, 0.25) is 0 Å². The summed E-state index contributed by atoms with van der Waals surface area (Å²) in [6.07, 6.45) is 0.812. The first-order valence-electron chi connectivity index (χ1n) is 6.50. The van der Waals surface area contributed by atoms with Crippen molar-refractivity contribution in [1.82, 2.24) is 5.32 Å². The van der Waals surface area contributed by atoms with Gasteiger partial charge < -0.3 is 5.32 Å². The van der Waals surface area contributed by atoms with Gasteiger partial charge in [0.1, 0.15) is 0 Å². The first-order chi connectivity index (χ1) is 8.95. The Labute approximate surface area is 121 Å². The number of nitrogens with one attached hydrogen (secondary N) is 1. The Morgan fingerprint density at radius 1 is 1.21 bits per heavy atom. The van der Waals surface area contributed by atoms with Crippen LogP contribution in [0.2, 0.25) is 0 Å². The number of halogens is 1. The Morgan fingerprint density at radius 3 is 2.37 bits per heavy atom. The predicted octanol–water partition coefficient (Wildman–Crippen LogP) is 2.25. The summed E-state index contributed by atoms with van der Waals surface area (Å²) in [5.74, 6) is 0.628. The summed E-state index contributed by atoms with van der Waals surface area (Å²) < 4.78 is 23.4. The van der Waals surface area contributed by atoms with E-state index in [0.717, 1.165) is 6.42 Å². The van der Waals surface area contributed by atoms with Crippen LogP contribution in [-0.4, -0.2) is 37.9 Å². The van der Waals surface area contributed by atoms with E-state index in [1.54, 1.807) is 13.8 Å². The lowest BCUT2D eigenvalue weighted by molar-refractivity contribution is 0.554. The molecule has 3 nitrogen and oxygen atoms in total. The van der Waals surface area contributed by atoms with Gasteiger partial charge in [-0.1, -0.05) is 30.3 Å². The van der Waals surface area contributed by atoms with Crippen LogP contribution in [0.25, 0.3) is 0 Å². The fourth-order valence-corrected chi connectivity index (χ4v) is 2.81. The molecule has 0 spiro atoms. The molecular formula is C14H22ClNO2S. The standard InChI is InChI=1S/C14H22ClNO2S/c1-12(2)19(17,18)9-8-16-14(11-15)10-13-6-4-3-5-7-13/h3-7,12,14,16H,8-11H2,1-2H3. The molecule has 0 bridgehead atoms. The van der Waals surface area contributed by atoms with E-state index < -0.39 is 9.84 Å². The molecule has 0 aromatic heterocycles. The van der Waals surface area contributed by atoms with Gasteiger partial charge in [0, 0.05) is 18.5 Å². The Bertz CT molecular complexity index is 460. The van der Waals surface area contributed by atoms with Gasteiger partial charge in [-0.2, -0.15) is 0 Å². The van der Waals surface area contributed by atoms with Gasteiger partial charge in [-0.15, -0.1) is 11.6 Å². The summed E-state index contributed by atoms with van der Waals surface area (Å²) in [6, 6.07) is 10.2. The Hall–Kier alpha value is -0.580. The molecule has 0 aliphatic carbocycles. The topological polar surface area (TPSA) is 46.2 Å². The minimum absolute atomic E-state index is 0.103. The predicted molar refractivity (Wildman–Crippen MR) is 81.6 cm³/mol. The summed E-state index contributed by atoms with van der Waals surface area (Å²) in [5.41, 5.74) is 1.20. The van der Waals surface area contributed by atoms with Crippen molar-refractivity contribution in [3.05, 3.63) is 35.9 Å². The van der Waals surface area contributed by atoms with E-state index in [1.807, 2.05) is 30.3 Å². The van der Waals surface area contributed by atoms with E-state index in [0.29, 0.717) is 12.4 Å². The molecule has 0 fully saturated rings. The first kappa shape index (κ1) is 16.5. The van der Waals surface area contributed by atoms with Crippen molar-refractivity contribution < 1.29 is 8.42 Å². The fraction of sp³-hybridized carbons (Fsp3) is 0.571. The second-order valence-electron chi connectivity index (χ2n) is 4.91. The number of sulfone groups is 1. The third-order valence-electron chi connectivity index (χ3n) is 3.05. The quantitative estimate of drug-likeness (QED) is 0.749. The summed E-state index contributed by atoms with van der Waals surface area (Å²) in [7, 11) is -2.98. The molecule has 1 atom stereocenters. The van der Waals surface area contributed by atoms with Crippen molar-refractivity contribution in [1.29, 1.82) is 0 Å². The average molecular weight is 304 g/mol. The van der Waals surface area contributed by atoms with Gasteiger partial charge in [0.15, 0.2) is 9.84 Å². The molecule has 5 heteroatoms. The zero-order chi connectivity index (χ0) is 14.3. The highest BCUT2D eigenvalue weighted by atomic mass is 35.5. The number of hydrogen-bond donors (Lipinski definition) is 1. The van der Waals surface area contributed by atoms with Crippen LogP contribution >= 0.6 is 11.6 Å². The average Bonchev–Trinajstić information content (AvgIpc) is 2.38. The Balaban J connectivity index is 2.42. The van der Waals surface area contributed by atoms with Crippen molar-refractivity contribution in [3.63, 3.8) is 0 Å². The lowest BCUT2D eigenvalue weighted by Crippen LogP contribution is -2.37. The van der Waals surface area contributed by atoms with E-state index in [2.05, 4.69) is 5.32 Å². The van der Waals surface area contributed by atoms with Crippen molar-refractivity contribution in [3.8, 4) is 0 Å². The number of hydrogen-bond acceptors (Lipinski definition) is 3. The third kappa shape index (κ3) is 5.93. The largest absolute Gasteiger partial charge is 0.311 e. The smallest absolute Gasteiger partial charge is 0.153 e. The van der Waals surface area contributed by atoms with Crippen LogP contribution < -0.4 is 5.32 Å². The van der Waals surface area contributed by atoms with Crippen LogP contribution in [-0.2, 0) is 16.3 Å². The molecule has 0 saturated heterocycles. The maximum atomic E-state index is 11.7. The molecule has 1 aromatic carbocycles. The van der Waals surface area contributed by atoms with E-state index in [1.165, 1.54) is 5.56 Å². The van der Waals surface area contributed by atoms with Gasteiger partial charge in [-0.05, 0) is 25.8 Å². The zero-order valence-electron chi connectivity index (χ0n) is 11.5. The minimum Gasteiger partial charge on any atom is -0.311 e. The maximum absolute atomic E-state index is 11.7. The van der Waals surface area contributed by atoms with Gasteiger partial charge in [0.25, 0.3) is 0 Å². The molecule has 0 aliphatic heterocycles. The minimum atomic E-state index is -2.98. The van der Waals surface area contributed by atoms with Crippen molar-refractivity contribution in [2.45, 2.75) is 31.6 Å². The highest BCUT2D eigenvalue weighted by Crippen LogP contribution is 2.05. The van der Waals surface area contributed by atoms with E-state index in [4.69, 9.17) is 11.6 Å². The molecule has 0 radical (unpaired) electrons. The number of benzene rings is 1. The van der Waals surface area contributed by atoms with Crippen molar-refractivity contribution in [2.24, 2.45) is 0 Å². The van der Waals surface area contributed by atoms with Crippen LogP contribution in [0.1, 0.15) is 19.4 Å². The van der Waals surface area contributed by atoms with E-state index in [-0.39, 0.29) is 17.0 Å². The summed E-state index contributed by atoms with van der Waals surface area (Å²) in [6.45, 7) is 3.86. The van der Waals surface area contributed by atoms with Gasteiger partial charge in [-0.25, -0.2) is 8.42 Å². The SMILES string of the molecule is CC(C)S(=O)(=O)CCNC(CCl)Cc1ccccc1. The van der Waals surface area contributed by atoms with Crippen LogP contribution in [0.4, 0.5) is 0 Å². The van der Waals surface area contributed by atoms with Gasteiger partial charge >= 0.3 is 0 Å². The molecule has 0 amide bonds. The highest BCUT2D eigenvalue weighted by molar-refractivity contribution is 7.92. The second-order valence-corrected chi connectivity index (χ2v) is 7.90. The molecule has 0 saturated carbocycles. The fourth-order valence-electron chi connectivity index (χ4n) is 1.72. The molecule has 1 N–H and O–H groups in total. The summed E-state index contributed by atoms with van der Waals surface area (Å²) in [4.78, 5) is 0. The Kier molecular flexibility index (Phi) is 6.83. The van der Waals surface area contributed by atoms with E-state index >= 15 is 0 Å². The number of alkyl halides is 1. The molecule has 1 unspecified atom stereocenters. The monoisotopic (exact) mass is 303 g/mol. The zero-order valence-corrected chi connectivity index (χ0v) is 13.0. The van der Waals surface area contributed by atoms with Crippen LogP contribution in [0.15, 0.2) is 30.3 Å². The Morgan fingerprint density at radius 2 is 1.84 bits per heavy atom.